The van der Waals surface area contributed by atoms with Gasteiger partial charge in [0.1, 0.15) is 16.9 Å². The van der Waals surface area contributed by atoms with Crippen molar-refractivity contribution in [3.05, 3.63) is 17.0 Å². The summed E-state index contributed by atoms with van der Waals surface area (Å²) in [6.07, 6.45) is 0.537. The zero-order valence-corrected chi connectivity index (χ0v) is 9.95. The number of nitrogens with one attached hydrogen (secondary N) is 1. The smallest absolute Gasteiger partial charge is 0.256 e. The molecule has 0 spiro atoms. The lowest BCUT2D eigenvalue weighted by atomic mass is 10.0. The second-order valence-electron chi connectivity index (χ2n) is 4.41. The van der Waals surface area contributed by atoms with E-state index in [-0.39, 0.29) is 19.1 Å². The molecular formula is C11H16N2O4. The van der Waals surface area contributed by atoms with Crippen LogP contribution in [-0.4, -0.2) is 41.5 Å². The average molecular weight is 240 g/mol. The molecule has 1 aromatic rings. The van der Waals surface area contributed by atoms with Crippen LogP contribution in [0.1, 0.15) is 28.2 Å². The Morgan fingerprint density at radius 3 is 2.88 bits per heavy atom. The topological polar surface area (TPSA) is 84.6 Å². The first-order chi connectivity index (χ1) is 8.02. The summed E-state index contributed by atoms with van der Waals surface area (Å²) >= 11 is 0. The maximum atomic E-state index is 11.9. The molecule has 2 N–H and O–H groups in total. The summed E-state index contributed by atoms with van der Waals surface area (Å²) in [6, 6.07) is 0. The Kier molecular flexibility index (Phi) is 3.17. The number of aryl methyl sites for hydroxylation is 2. The first kappa shape index (κ1) is 12.1. The van der Waals surface area contributed by atoms with Gasteiger partial charge in [-0.15, -0.1) is 0 Å². The van der Waals surface area contributed by atoms with E-state index in [9.17, 15) is 9.90 Å². The lowest BCUT2D eigenvalue weighted by Gasteiger charge is -2.20. The van der Waals surface area contributed by atoms with Crippen LogP contribution in [0.3, 0.4) is 0 Å². The van der Waals surface area contributed by atoms with Gasteiger partial charge in [-0.3, -0.25) is 4.79 Å². The number of nitrogens with zero attached hydrogens (tertiary/aromatic N) is 1. The molecule has 1 aromatic heterocycles. The van der Waals surface area contributed by atoms with Crippen LogP contribution in [0.4, 0.5) is 0 Å². The highest BCUT2D eigenvalue weighted by Crippen LogP contribution is 2.18. The van der Waals surface area contributed by atoms with Crippen molar-refractivity contribution < 1.29 is 19.2 Å². The number of rotatable bonds is 3. The molecule has 1 unspecified atom stereocenters. The van der Waals surface area contributed by atoms with Gasteiger partial charge in [0.15, 0.2) is 0 Å². The molecule has 0 bridgehead atoms. The molecule has 17 heavy (non-hydrogen) atoms. The Morgan fingerprint density at radius 1 is 1.59 bits per heavy atom. The van der Waals surface area contributed by atoms with E-state index in [2.05, 4.69) is 10.5 Å². The fourth-order valence-electron chi connectivity index (χ4n) is 1.88. The van der Waals surface area contributed by atoms with E-state index in [1.807, 2.05) is 0 Å². The van der Waals surface area contributed by atoms with E-state index >= 15 is 0 Å². The van der Waals surface area contributed by atoms with Gasteiger partial charge in [0, 0.05) is 19.6 Å². The number of ether oxygens (including phenoxy) is 1. The van der Waals surface area contributed by atoms with Crippen LogP contribution in [-0.2, 0) is 4.74 Å². The molecule has 1 atom stereocenters. The fraction of sp³-hybridized carbons (Fsp3) is 0.636. The van der Waals surface area contributed by atoms with E-state index in [4.69, 9.17) is 9.26 Å². The normalized spacial score (nSPS) is 23.9. The molecule has 1 fully saturated rings. The van der Waals surface area contributed by atoms with Gasteiger partial charge in [0.2, 0.25) is 0 Å². The van der Waals surface area contributed by atoms with Crippen molar-refractivity contribution >= 4 is 5.91 Å². The number of carbonyl (C=O) groups is 1. The number of aromatic nitrogens is 1. The maximum Gasteiger partial charge on any atom is 0.256 e. The van der Waals surface area contributed by atoms with Crippen LogP contribution in [0.25, 0.3) is 0 Å². The molecule has 6 nitrogen and oxygen atoms in total. The minimum atomic E-state index is -0.950. The van der Waals surface area contributed by atoms with Crippen LogP contribution >= 0.6 is 0 Å². The molecule has 94 valence electrons. The van der Waals surface area contributed by atoms with E-state index in [0.29, 0.717) is 30.0 Å². The van der Waals surface area contributed by atoms with E-state index in [1.54, 1.807) is 13.8 Å². The van der Waals surface area contributed by atoms with Crippen LogP contribution in [0.15, 0.2) is 4.52 Å². The summed E-state index contributed by atoms with van der Waals surface area (Å²) in [5, 5.41) is 16.4. The molecule has 1 amide bonds. The van der Waals surface area contributed by atoms with E-state index in [1.165, 1.54) is 0 Å². The minimum absolute atomic E-state index is 0.176. The Labute approximate surface area is 98.9 Å². The van der Waals surface area contributed by atoms with Crippen molar-refractivity contribution in [2.24, 2.45) is 0 Å². The van der Waals surface area contributed by atoms with Gasteiger partial charge >= 0.3 is 0 Å². The van der Waals surface area contributed by atoms with Gasteiger partial charge in [0.25, 0.3) is 5.91 Å². The van der Waals surface area contributed by atoms with E-state index in [0.717, 1.165) is 0 Å². The highest BCUT2D eigenvalue weighted by molar-refractivity contribution is 5.96. The predicted octanol–water partition coefficient (Wildman–Crippen LogP) is 0.173. The van der Waals surface area contributed by atoms with Crippen molar-refractivity contribution in [2.75, 3.05) is 19.8 Å². The molecule has 0 aromatic carbocycles. The molecule has 2 rings (SSSR count). The van der Waals surface area contributed by atoms with Gasteiger partial charge in [-0.2, -0.15) is 0 Å². The van der Waals surface area contributed by atoms with Gasteiger partial charge < -0.3 is 19.7 Å². The maximum absolute atomic E-state index is 11.9. The second kappa shape index (κ2) is 4.46. The van der Waals surface area contributed by atoms with Crippen molar-refractivity contribution in [3.8, 4) is 0 Å². The number of amides is 1. The van der Waals surface area contributed by atoms with Gasteiger partial charge in [-0.05, 0) is 13.8 Å². The standard InChI is InChI=1S/C11H16N2O4/c1-7-9(8(2)17-13-7)10(14)12-5-11(15)3-4-16-6-11/h15H,3-6H2,1-2H3,(H,12,14). The molecule has 6 heteroatoms. The zero-order chi connectivity index (χ0) is 12.5. The number of aliphatic hydroxyl groups is 1. The summed E-state index contributed by atoms with van der Waals surface area (Å²) in [7, 11) is 0. The van der Waals surface area contributed by atoms with Crippen LogP contribution in [0, 0.1) is 13.8 Å². The summed E-state index contributed by atoms with van der Waals surface area (Å²) in [5.74, 6) is 0.205. The third-order valence-electron chi connectivity index (χ3n) is 2.92. The Bertz CT molecular complexity index is 402. The summed E-state index contributed by atoms with van der Waals surface area (Å²) in [6.45, 7) is 4.35. The van der Waals surface area contributed by atoms with Crippen LogP contribution in [0.2, 0.25) is 0 Å². The van der Waals surface area contributed by atoms with Crippen molar-refractivity contribution in [1.82, 2.24) is 10.5 Å². The van der Waals surface area contributed by atoms with Crippen molar-refractivity contribution in [1.29, 1.82) is 0 Å². The average Bonchev–Trinajstić information content (AvgIpc) is 2.84. The van der Waals surface area contributed by atoms with Crippen LogP contribution in [0.5, 0.6) is 0 Å². The number of carbonyl (C=O) groups excluding carboxylic acids is 1. The zero-order valence-electron chi connectivity index (χ0n) is 9.95. The van der Waals surface area contributed by atoms with Gasteiger partial charge in [-0.25, -0.2) is 0 Å². The molecule has 1 aliphatic rings. The van der Waals surface area contributed by atoms with Crippen molar-refractivity contribution in [2.45, 2.75) is 25.9 Å². The number of hydrogen-bond donors (Lipinski definition) is 2. The monoisotopic (exact) mass is 240 g/mol. The molecule has 0 saturated carbocycles. The number of hydrogen-bond acceptors (Lipinski definition) is 5. The van der Waals surface area contributed by atoms with E-state index < -0.39 is 5.60 Å². The molecule has 1 aliphatic heterocycles. The molecular weight excluding hydrogens is 224 g/mol. The Morgan fingerprint density at radius 2 is 2.35 bits per heavy atom. The Balaban J connectivity index is 1.98. The van der Waals surface area contributed by atoms with Gasteiger partial charge in [-0.1, -0.05) is 5.16 Å². The Hall–Kier alpha value is -1.40. The van der Waals surface area contributed by atoms with Gasteiger partial charge in [0.05, 0.1) is 12.3 Å². The first-order valence-corrected chi connectivity index (χ1v) is 5.53. The molecule has 1 saturated heterocycles. The highest BCUT2D eigenvalue weighted by Gasteiger charge is 2.33. The quantitative estimate of drug-likeness (QED) is 0.787. The summed E-state index contributed by atoms with van der Waals surface area (Å²) < 4.78 is 10.0. The van der Waals surface area contributed by atoms with Crippen molar-refractivity contribution in [3.63, 3.8) is 0 Å². The predicted molar refractivity (Wildman–Crippen MR) is 58.7 cm³/mol. The molecule has 2 heterocycles. The first-order valence-electron chi connectivity index (χ1n) is 5.53. The van der Waals surface area contributed by atoms with Crippen LogP contribution < -0.4 is 5.32 Å². The third kappa shape index (κ3) is 2.48. The second-order valence-corrected chi connectivity index (χ2v) is 4.41. The lowest BCUT2D eigenvalue weighted by molar-refractivity contribution is 0.0264. The molecule has 0 radical (unpaired) electrons. The fourth-order valence-corrected chi connectivity index (χ4v) is 1.88. The summed E-state index contributed by atoms with van der Waals surface area (Å²) in [5.41, 5.74) is 0.0384. The minimum Gasteiger partial charge on any atom is -0.386 e. The SMILES string of the molecule is Cc1noc(C)c1C(=O)NCC1(O)CCOC1. The largest absolute Gasteiger partial charge is 0.386 e. The molecule has 0 aliphatic carbocycles. The summed E-state index contributed by atoms with van der Waals surface area (Å²) in [4.78, 5) is 11.9. The highest BCUT2D eigenvalue weighted by atomic mass is 16.5. The third-order valence-corrected chi connectivity index (χ3v) is 2.92. The lowest BCUT2D eigenvalue weighted by Crippen LogP contribution is -2.43.